The summed E-state index contributed by atoms with van der Waals surface area (Å²) in [5, 5.41) is 6.44. The summed E-state index contributed by atoms with van der Waals surface area (Å²) in [6.07, 6.45) is 0.759. The van der Waals surface area contributed by atoms with Gasteiger partial charge in [-0.25, -0.2) is 0 Å². The van der Waals surface area contributed by atoms with Crippen LogP contribution in [-0.4, -0.2) is 24.5 Å². The quantitative estimate of drug-likeness (QED) is 0.667. The highest BCUT2D eigenvalue weighted by atomic mass is 16.1. The fourth-order valence-electron chi connectivity index (χ4n) is 2.01. The number of nitrogens with one attached hydrogen (secondary N) is 2. The Morgan fingerprint density at radius 2 is 2.19 bits per heavy atom. The third kappa shape index (κ3) is 2.23. The molecular weight excluding hydrogens is 202 g/mol. The molecule has 1 aliphatic rings. The standard InChI is InChI=1S/C12H17N3O/c13-11(16)12(6-7-14-9-12)15-8-10-4-2-1-3-5-10/h1-5,14-15H,6-9H2,(H2,13,16). The number of benzene rings is 1. The molecule has 0 aromatic heterocycles. The number of hydrogen-bond donors (Lipinski definition) is 3. The molecule has 1 aromatic carbocycles. The van der Waals surface area contributed by atoms with Crippen LogP contribution >= 0.6 is 0 Å². The highest BCUT2D eigenvalue weighted by Gasteiger charge is 2.38. The molecule has 0 saturated carbocycles. The van der Waals surface area contributed by atoms with E-state index < -0.39 is 5.54 Å². The molecule has 1 fully saturated rings. The van der Waals surface area contributed by atoms with E-state index in [2.05, 4.69) is 10.6 Å². The van der Waals surface area contributed by atoms with Gasteiger partial charge >= 0.3 is 0 Å². The number of carbonyl (C=O) groups excluding carboxylic acids is 1. The van der Waals surface area contributed by atoms with Crippen molar-refractivity contribution < 1.29 is 4.79 Å². The van der Waals surface area contributed by atoms with E-state index in [9.17, 15) is 4.79 Å². The van der Waals surface area contributed by atoms with Crippen molar-refractivity contribution in [2.45, 2.75) is 18.5 Å². The number of carbonyl (C=O) groups is 1. The SMILES string of the molecule is NC(=O)C1(NCc2ccccc2)CCNC1. The molecule has 1 saturated heterocycles. The van der Waals surface area contributed by atoms with Crippen molar-refractivity contribution in [1.29, 1.82) is 0 Å². The van der Waals surface area contributed by atoms with Gasteiger partial charge in [0.2, 0.25) is 5.91 Å². The lowest BCUT2D eigenvalue weighted by molar-refractivity contribution is -0.123. The second-order valence-corrected chi connectivity index (χ2v) is 4.21. The van der Waals surface area contributed by atoms with Crippen molar-refractivity contribution in [1.82, 2.24) is 10.6 Å². The Balaban J connectivity index is 2.00. The predicted molar refractivity (Wildman–Crippen MR) is 62.7 cm³/mol. The zero-order chi connectivity index (χ0) is 11.4. The lowest BCUT2D eigenvalue weighted by Gasteiger charge is -2.25. The molecule has 1 amide bonds. The van der Waals surface area contributed by atoms with Crippen molar-refractivity contribution in [3.63, 3.8) is 0 Å². The number of nitrogens with two attached hydrogens (primary N) is 1. The van der Waals surface area contributed by atoms with Gasteiger partial charge in [-0.15, -0.1) is 0 Å². The van der Waals surface area contributed by atoms with E-state index in [4.69, 9.17) is 5.73 Å². The number of rotatable bonds is 4. The van der Waals surface area contributed by atoms with Gasteiger partial charge in [0.15, 0.2) is 0 Å². The summed E-state index contributed by atoms with van der Waals surface area (Å²) in [6.45, 7) is 2.13. The Morgan fingerprint density at radius 3 is 2.75 bits per heavy atom. The molecule has 1 heterocycles. The molecule has 0 spiro atoms. The Hall–Kier alpha value is -1.39. The van der Waals surface area contributed by atoms with Crippen LogP contribution in [0.1, 0.15) is 12.0 Å². The Labute approximate surface area is 95.2 Å². The molecule has 86 valence electrons. The van der Waals surface area contributed by atoms with Crippen molar-refractivity contribution in [3.8, 4) is 0 Å². The fourth-order valence-corrected chi connectivity index (χ4v) is 2.01. The van der Waals surface area contributed by atoms with Gasteiger partial charge in [0.05, 0.1) is 0 Å². The van der Waals surface area contributed by atoms with E-state index in [-0.39, 0.29) is 5.91 Å². The van der Waals surface area contributed by atoms with Crippen molar-refractivity contribution in [2.75, 3.05) is 13.1 Å². The van der Waals surface area contributed by atoms with Crippen LogP contribution in [0.3, 0.4) is 0 Å². The fraction of sp³-hybridized carbons (Fsp3) is 0.417. The highest BCUT2D eigenvalue weighted by Crippen LogP contribution is 2.15. The highest BCUT2D eigenvalue weighted by molar-refractivity contribution is 5.85. The van der Waals surface area contributed by atoms with E-state index >= 15 is 0 Å². The van der Waals surface area contributed by atoms with Gasteiger partial charge in [0, 0.05) is 13.1 Å². The van der Waals surface area contributed by atoms with Crippen molar-refractivity contribution in [3.05, 3.63) is 35.9 Å². The smallest absolute Gasteiger partial charge is 0.239 e. The van der Waals surface area contributed by atoms with Crippen molar-refractivity contribution >= 4 is 5.91 Å². The summed E-state index contributed by atoms with van der Waals surface area (Å²) in [5.74, 6) is -0.270. The average molecular weight is 219 g/mol. The van der Waals surface area contributed by atoms with E-state index in [1.54, 1.807) is 0 Å². The maximum absolute atomic E-state index is 11.5. The molecule has 4 N–H and O–H groups in total. The van der Waals surface area contributed by atoms with Gasteiger partial charge < -0.3 is 11.1 Å². The Kier molecular flexibility index (Phi) is 3.22. The first kappa shape index (κ1) is 11.1. The largest absolute Gasteiger partial charge is 0.368 e. The molecule has 16 heavy (non-hydrogen) atoms. The minimum absolute atomic E-state index is 0.270. The Morgan fingerprint density at radius 1 is 1.44 bits per heavy atom. The number of primary amides is 1. The summed E-state index contributed by atoms with van der Waals surface area (Å²) in [6, 6.07) is 10.0. The molecule has 2 rings (SSSR count). The Bertz CT molecular complexity index is 358. The van der Waals surface area contributed by atoms with Crippen LogP contribution in [0.25, 0.3) is 0 Å². The van der Waals surface area contributed by atoms with Crippen LogP contribution < -0.4 is 16.4 Å². The monoisotopic (exact) mass is 219 g/mol. The van der Waals surface area contributed by atoms with Crippen molar-refractivity contribution in [2.24, 2.45) is 5.73 Å². The molecule has 1 unspecified atom stereocenters. The molecule has 1 atom stereocenters. The van der Waals surface area contributed by atoms with Crippen LogP contribution in [0, 0.1) is 0 Å². The van der Waals surface area contributed by atoms with E-state index in [0.29, 0.717) is 13.1 Å². The topological polar surface area (TPSA) is 67.2 Å². The maximum atomic E-state index is 11.5. The van der Waals surface area contributed by atoms with Crippen LogP contribution in [0.4, 0.5) is 0 Å². The number of hydrogen-bond acceptors (Lipinski definition) is 3. The summed E-state index contributed by atoms with van der Waals surface area (Å²) in [7, 11) is 0. The van der Waals surface area contributed by atoms with Gasteiger partial charge in [0.1, 0.15) is 5.54 Å². The third-order valence-corrected chi connectivity index (χ3v) is 3.10. The maximum Gasteiger partial charge on any atom is 0.239 e. The van der Waals surface area contributed by atoms with E-state index in [0.717, 1.165) is 18.5 Å². The van der Waals surface area contributed by atoms with Crippen LogP contribution in [0.15, 0.2) is 30.3 Å². The summed E-state index contributed by atoms with van der Waals surface area (Å²) >= 11 is 0. The minimum Gasteiger partial charge on any atom is -0.368 e. The van der Waals surface area contributed by atoms with Crippen LogP contribution in [0.5, 0.6) is 0 Å². The molecular formula is C12H17N3O. The van der Waals surface area contributed by atoms with Gasteiger partial charge in [-0.1, -0.05) is 30.3 Å². The molecule has 1 aromatic rings. The predicted octanol–water partition coefficient (Wildman–Crippen LogP) is -0.00640. The first-order valence-electron chi connectivity index (χ1n) is 5.52. The zero-order valence-electron chi connectivity index (χ0n) is 9.20. The van der Waals surface area contributed by atoms with Gasteiger partial charge in [-0.3, -0.25) is 10.1 Å². The van der Waals surface area contributed by atoms with Crippen LogP contribution in [0.2, 0.25) is 0 Å². The average Bonchev–Trinajstić information content (AvgIpc) is 2.78. The van der Waals surface area contributed by atoms with Gasteiger partial charge in [-0.05, 0) is 18.5 Å². The first-order valence-corrected chi connectivity index (χ1v) is 5.52. The van der Waals surface area contributed by atoms with Gasteiger partial charge in [-0.2, -0.15) is 0 Å². The second kappa shape index (κ2) is 4.63. The molecule has 0 radical (unpaired) electrons. The first-order chi connectivity index (χ1) is 7.73. The summed E-state index contributed by atoms with van der Waals surface area (Å²) < 4.78 is 0. The second-order valence-electron chi connectivity index (χ2n) is 4.21. The third-order valence-electron chi connectivity index (χ3n) is 3.10. The summed E-state index contributed by atoms with van der Waals surface area (Å²) in [4.78, 5) is 11.5. The molecule has 1 aliphatic heterocycles. The number of amides is 1. The molecule has 4 heteroatoms. The summed E-state index contributed by atoms with van der Waals surface area (Å²) in [5.41, 5.74) is 6.04. The van der Waals surface area contributed by atoms with Gasteiger partial charge in [0.25, 0.3) is 0 Å². The molecule has 4 nitrogen and oxygen atoms in total. The zero-order valence-corrected chi connectivity index (χ0v) is 9.20. The lowest BCUT2D eigenvalue weighted by Crippen LogP contribution is -2.56. The normalized spacial score (nSPS) is 24.5. The molecule has 0 bridgehead atoms. The van der Waals surface area contributed by atoms with Crippen LogP contribution in [-0.2, 0) is 11.3 Å². The lowest BCUT2D eigenvalue weighted by atomic mass is 9.97. The minimum atomic E-state index is -0.574. The van der Waals surface area contributed by atoms with E-state index in [1.807, 2.05) is 30.3 Å². The molecule has 0 aliphatic carbocycles. The van der Waals surface area contributed by atoms with E-state index in [1.165, 1.54) is 0 Å².